The Bertz CT molecular complexity index is 915. The maximum atomic E-state index is 11.9. The van der Waals surface area contributed by atoms with E-state index in [0.29, 0.717) is 0 Å². The standard InChI is InChI=1S/C25H40N2O13/c1-11-18(9-34-12(2)28)39-20(21(26)23(11)36-14(4)30)8-33-7-17-19(10-35-13(3)29)40-25(38-16(6)32)22(27)24(17)37-15(5)31/h11,17-25H,7-10,26-27H2,1-6H3. The smallest absolute Gasteiger partial charge is 0.304 e. The second-order valence-corrected chi connectivity index (χ2v) is 9.83. The van der Waals surface area contributed by atoms with Crippen molar-refractivity contribution < 1.29 is 61.9 Å². The van der Waals surface area contributed by atoms with E-state index in [1.807, 2.05) is 0 Å². The molecule has 0 amide bonds. The van der Waals surface area contributed by atoms with E-state index in [4.69, 9.17) is 49.4 Å². The lowest BCUT2D eigenvalue weighted by molar-refractivity contribution is -0.257. The zero-order valence-electron chi connectivity index (χ0n) is 23.6. The van der Waals surface area contributed by atoms with Crippen LogP contribution < -0.4 is 11.5 Å². The predicted octanol–water partition coefficient (Wildman–Crippen LogP) is -1.05. The second kappa shape index (κ2) is 15.2. The first-order valence-electron chi connectivity index (χ1n) is 12.9. The van der Waals surface area contributed by atoms with Crippen molar-refractivity contribution in [3.8, 4) is 0 Å². The van der Waals surface area contributed by atoms with E-state index in [0.717, 1.165) is 0 Å². The van der Waals surface area contributed by atoms with Gasteiger partial charge in [0, 0.05) is 40.5 Å². The van der Waals surface area contributed by atoms with Crippen molar-refractivity contribution in [1.29, 1.82) is 0 Å². The molecule has 0 radical (unpaired) electrons. The first-order valence-corrected chi connectivity index (χ1v) is 12.9. The molecule has 40 heavy (non-hydrogen) atoms. The summed E-state index contributed by atoms with van der Waals surface area (Å²) in [6, 6.07) is -1.86. The molecule has 0 bridgehead atoms. The summed E-state index contributed by atoms with van der Waals surface area (Å²) in [5, 5.41) is 0. The van der Waals surface area contributed by atoms with E-state index in [1.165, 1.54) is 34.6 Å². The molecular formula is C25H40N2O13. The Morgan fingerprint density at radius 2 is 1.12 bits per heavy atom. The van der Waals surface area contributed by atoms with Crippen LogP contribution in [0.2, 0.25) is 0 Å². The number of carbonyl (C=O) groups excluding carboxylic acids is 5. The normalized spacial score (nSPS) is 33.8. The van der Waals surface area contributed by atoms with Crippen molar-refractivity contribution in [1.82, 2.24) is 0 Å². The molecule has 2 aliphatic heterocycles. The topological polar surface area (TPSA) is 211 Å². The van der Waals surface area contributed by atoms with Gasteiger partial charge in [-0.1, -0.05) is 6.92 Å². The lowest BCUT2D eigenvalue weighted by Gasteiger charge is -2.45. The summed E-state index contributed by atoms with van der Waals surface area (Å²) >= 11 is 0. The fraction of sp³-hybridized carbons (Fsp3) is 0.800. The molecule has 2 aliphatic rings. The molecule has 0 spiro atoms. The van der Waals surface area contributed by atoms with E-state index in [-0.39, 0.29) is 32.3 Å². The lowest BCUT2D eigenvalue weighted by atomic mass is 9.86. The van der Waals surface area contributed by atoms with E-state index in [9.17, 15) is 24.0 Å². The van der Waals surface area contributed by atoms with Crippen LogP contribution in [0, 0.1) is 11.8 Å². The third-order valence-electron chi connectivity index (χ3n) is 6.55. The first-order chi connectivity index (χ1) is 18.7. The average Bonchev–Trinajstić information content (AvgIpc) is 2.84. The molecule has 228 valence electrons. The lowest BCUT2D eigenvalue weighted by Crippen LogP contribution is -2.63. The van der Waals surface area contributed by atoms with Gasteiger partial charge in [-0.15, -0.1) is 0 Å². The van der Waals surface area contributed by atoms with E-state index in [1.54, 1.807) is 6.92 Å². The molecular weight excluding hydrogens is 536 g/mol. The molecule has 10 atom stereocenters. The van der Waals surface area contributed by atoms with E-state index in [2.05, 4.69) is 0 Å². The van der Waals surface area contributed by atoms with Crippen molar-refractivity contribution in [3.05, 3.63) is 0 Å². The van der Waals surface area contributed by atoms with Crippen molar-refractivity contribution in [3.63, 3.8) is 0 Å². The monoisotopic (exact) mass is 576 g/mol. The van der Waals surface area contributed by atoms with Gasteiger partial charge in [-0.3, -0.25) is 24.0 Å². The molecule has 2 heterocycles. The first kappa shape index (κ1) is 33.4. The zero-order valence-corrected chi connectivity index (χ0v) is 23.6. The number of rotatable bonds is 11. The fourth-order valence-electron chi connectivity index (χ4n) is 4.66. The van der Waals surface area contributed by atoms with Crippen LogP contribution in [-0.4, -0.2) is 105 Å². The number of carbonyl (C=O) groups is 5. The molecule has 2 fully saturated rings. The number of nitrogens with two attached hydrogens (primary N) is 2. The van der Waals surface area contributed by atoms with Gasteiger partial charge in [-0.05, 0) is 0 Å². The fourth-order valence-corrected chi connectivity index (χ4v) is 4.66. The van der Waals surface area contributed by atoms with Crippen LogP contribution in [-0.2, 0) is 61.9 Å². The molecule has 4 N–H and O–H groups in total. The number of hydrogen-bond acceptors (Lipinski definition) is 15. The summed E-state index contributed by atoms with van der Waals surface area (Å²) in [4.78, 5) is 58.1. The summed E-state index contributed by atoms with van der Waals surface area (Å²) in [6.45, 7) is 7.28. The van der Waals surface area contributed by atoms with Crippen LogP contribution in [0.5, 0.6) is 0 Å². The summed E-state index contributed by atoms with van der Waals surface area (Å²) in [7, 11) is 0. The molecule has 0 aromatic rings. The number of hydrogen-bond donors (Lipinski definition) is 2. The zero-order chi connectivity index (χ0) is 30.1. The van der Waals surface area contributed by atoms with Crippen molar-refractivity contribution >= 4 is 29.8 Å². The largest absolute Gasteiger partial charge is 0.463 e. The van der Waals surface area contributed by atoms with Crippen molar-refractivity contribution in [2.45, 2.75) is 90.4 Å². The van der Waals surface area contributed by atoms with E-state index < -0.39 is 84.7 Å². The van der Waals surface area contributed by atoms with E-state index >= 15 is 0 Å². The third kappa shape index (κ3) is 9.66. The third-order valence-corrected chi connectivity index (χ3v) is 6.55. The predicted molar refractivity (Wildman–Crippen MR) is 133 cm³/mol. The molecule has 0 saturated carbocycles. The Morgan fingerprint density at radius 3 is 1.65 bits per heavy atom. The van der Waals surface area contributed by atoms with Gasteiger partial charge >= 0.3 is 29.8 Å². The molecule has 15 nitrogen and oxygen atoms in total. The summed E-state index contributed by atoms with van der Waals surface area (Å²) < 4.78 is 44.1. The molecule has 10 unspecified atom stereocenters. The number of esters is 5. The van der Waals surface area contributed by atoms with Gasteiger partial charge in [0.1, 0.15) is 43.7 Å². The average molecular weight is 577 g/mol. The molecule has 0 aromatic carbocycles. The second-order valence-electron chi connectivity index (χ2n) is 9.83. The highest BCUT2D eigenvalue weighted by atomic mass is 16.7. The van der Waals surface area contributed by atoms with Gasteiger partial charge in [0.2, 0.25) is 6.29 Å². The Labute approximate surface area is 232 Å². The van der Waals surface area contributed by atoms with Crippen LogP contribution in [0.3, 0.4) is 0 Å². The van der Waals surface area contributed by atoms with Gasteiger partial charge in [0.05, 0.1) is 31.3 Å². The van der Waals surface area contributed by atoms with Gasteiger partial charge < -0.3 is 49.4 Å². The van der Waals surface area contributed by atoms with Gasteiger partial charge in [-0.25, -0.2) is 0 Å². The van der Waals surface area contributed by atoms with Gasteiger partial charge in [0.15, 0.2) is 0 Å². The van der Waals surface area contributed by atoms with Gasteiger partial charge in [-0.2, -0.15) is 0 Å². The minimum absolute atomic E-state index is 0.0840. The Kier molecular flexibility index (Phi) is 12.7. The Morgan fingerprint density at radius 1 is 0.600 bits per heavy atom. The quantitative estimate of drug-likeness (QED) is 0.222. The van der Waals surface area contributed by atoms with Crippen molar-refractivity contribution in [2.75, 3.05) is 26.4 Å². The highest BCUT2D eigenvalue weighted by Crippen LogP contribution is 2.31. The molecule has 2 rings (SSSR count). The Balaban J connectivity index is 2.21. The van der Waals surface area contributed by atoms with Crippen molar-refractivity contribution in [2.24, 2.45) is 23.3 Å². The van der Waals surface area contributed by atoms with Crippen LogP contribution in [0.15, 0.2) is 0 Å². The molecule has 0 aliphatic carbocycles. The summed E-state index contributed by atoms with van der Waals surface area (Å²) in [5.74, 6) is -4.09. The van der Waals surface area contributed by atoms with Crippen LogP contribution >= 0.6 is 0 Å². The maximum absolute atomic E-state index is 11.9. The molecule has 0 aromatic heterocycles. The SMILES string of the molecule is CC(=O)OCC1OC(COCC2C(COC(C)=O)OC(OC(C)=O)C(N)C2OC(C)=O)C(N)C(OC(C)=O)C1C. The highest BCUT2D eigenvalue weighted by molar-refractivity contribution is 5.67. The van der Waals surface area contributed by atoms with Crippen LogP contribution in [0.4, 0.5) is 0 Å². The molecule has 15 heteroatoms. The number of ether oxygens (including phenoxy) is 8. The van der Waals surface area contributed by atoms with Gasteiger partial charge in [0.25, 0.3) is 0 Å². The molecule has 2 saturated heterocycles. The minimum atomic E-state index is -1.28. The van der Waals surface area contributed by atoms with Crippen LogP contribution in [0.1, 0.15) is 41.5 Å². The summed E-state index contributed by atoms with van der Waals surface area (Å²) in [5.41, 5.74) is 12.6. The van der Waals surface area contributed by atoms with Crippen LogP contribution in [0.25, 0.3) is 0 Å². The maximum Gasteiger partial charge on any atom is 0.304 e. The summed E-state index contributed by atoms with van der Waals surface area (Å²) in [6.07, 6.45) is -5.41. The Hall–Kier alpha value is -2.85. The highest BCUT2D eigenvalue weighted by Gasteiger charge is 2.49. The minimum Gasteiger partial charge on any atom is -0.463 e.